The Balaban J connectivity index is 2.16. The molecule has 1 heterocycles. The molecule has 1 unspecified atom stereocenters. The van der Waals surface area contributed by atoms with Crippen LogP contribution in [-0.2, 0) is 0 Å². The minimum atomic E-state index is 0.331. The van der Waals surface area contributed by atoms with Crippen molar-refractivity contribution in [1.82, 2.24) is 4.98 Å². The van der Waals surface area contributed by atoms with Gasteiger partial charge in [0, 0.05) is 24.0 Å². The predicted molar refractivity (Wildman–Crippen MR) is 83.3 cm³/mol. The molecule has 19 heavy (non-hydrogen) atoms. The molecule has 2 rings (SSSR count). The monoisotopic (exact) mass is 275 g/mol. The zero-order valence-corrected chi connectivity index (χ0v) is 12.2. The fourth-order valence-electron chi connectivity index (χ4n) is 1.60. The molecule has 0 aliphatic heterocycles. The molecule has 3 N–H and O–H groups in total. The van der Waals surface area contributed by atoms with Crippen molar-refractivity contribution in [2.75, 3.05) is 11.1 Å². The lowest BCUT2D eigenvalue weighted by molar-refractivity contribution is 0.482. The van der Waals surface area contributed by atoms with E-state index in [1.54, 1.807) is 6.20 Å². The van der Waals surface area contributed by atoms with Gasteiger partial charge in [-0.1, -0.05) is 0 Å². The molecule has 0 saturated carbocycles. The summed E-state index contributed by atoms with van der Waals surface area (Å²) in [5, 5.41) is 4.16. The highest BCUT2D eigenvalue weighted by atomic mass is 31.0. The summed E-state index contributed by atoms with van der Waals surface area (Å²) in [6.45, 7) is 4.13. The van der Waals surface area contributed by atoms with Crippen LogP contribution in [0.25, 0.3) is 0 Å². The van der Waals surface area contributed by atoms with Crippen LogP contribution in [0.4, 0.5) is 11.5 Å². The number of nitrogens with one attached hydrogen (secondary N) is 1. The van der Waals surface area contributed by atoms with Crippen molar-refractivity contribution in [1.29, 1.82) is 0 Å². The van der Waals surface area contributed by atoms with E-state index in [0.29, 0.717) is 6.04 Å². The molecule has 1 atom stereocenters. The highest BCUT2D eigenvalue weighted by molar-refractivity contribution is 7.28. The second-order valence-corrected chi connectivity index (χ2v) is 5.19. The molecular formula is C14H18N3OP. The summed E-state index contributed by atoms with van der Waals surface area (Å²) in [6, 6.07) is 9.59. The van der Waals surface area contributed by atoms with Crippen molar-refractivity contribution in [2.24, 2.45) is 0 Å². The Labute approximate surface area is 115 Å². The lowest BCUT2D eigenvalue weighted by Gasteiger charge is -2.11. The molecule has 4 nitrogen and oxygen atoms in total. The Morgan fingerprint density at radius 1 is 1.21 bits per heavy atom. The van der Waals surface area contributed by atoms with Crippen LogP contribution in [-0.4, -0.2) is 11.0 Å². The number of benzene rings is 1. The lowest BCUT2D eigenvalue weighted by Crippen LogP contribution is -2.10. The van der Waals surface area contributed by atoms with Crippen molar-refractivity contribution in [2.45, 2.75) is 19.9 Å². The first-order chi connectivity index (χ1) is 9.04. The van der Waals surface area contributed by atoms with E-state index in [9.17, 15) is 0 Å². The van der Waals surface area contributed by atoms with E-state index >= 15 is 0 Å². The number of pyridine rings is 1. The SMILES string of the molecule is CC(C)Nc1cc(Oc2ccc(N)c(P)c2)ccn1. The van der Waals surface area contributed by atoms with Crippen LogP contribution in [0.15, 0.2) is 36.5 Å². The van der Waals surface area contributed by atoms with Crippen LogP contribution in [0, 0.1) is 0 Å². The van der Waals surface area contributed by atoms with Gasteiger partial charge in [-0.2, -0.15) is 0 Å². The Morgan fingerprint density at radius 3 is 2.63 bits per heavy atom. The van der Waals surface area contributed by atoms with Crippen molar-refractivity contribution in [3.8, 4) is 11.5 Å². The Morgan fingerprint density at radius 2 is 1.95 bits per heavy atom. The van der Waals surface area contributed by atoms with E-state index < -0.39 is 0 Å². The summed E-state index contributed by atoms with van der Waals surface area (Å²) in [6.07, 6.45) is 1.72. The third-order valence-corrected chi connectivity index (χ3v) is 2.96. The minimum absolute atomic E-state index is 0.331. The summed E-state index contributed by atoms with van der Waals surface area (Å²) in [4.78, 5) is 4.24. The minimum Gasteiger partial charge on any atom is -0.457 e. The molecule has 2 aromatic rings. The number of hydrogen-bond donors (Lipinski definition) is 2. The van der Waals surface area contributed by atoms with Gasteiger partial charge in [0.05, 0.1) is 0 Å². The first-order valence-electron chi connectivity index (χ1n) is 6.10. The number of nitrogens with two attached hydrogens (primary N) is 1. The zero-order chi connectivity index (χ0) is 13.8. The van der Waals surface area contributed by atoms with E-state index in [0.717, 1.165) is 28.3 Å². The summed E-state index contributed by atoms with van der Waals surface area (Å²) in [5.41, 5.74) is 6.50. The van der Waals surface area contributed by atoms with Gasteiger partial charge in [-0.3, -0.25) is 0 Å². The molecule has 0 bridgehead atoms. The Bertz CT molecular complexity index is 572. The number of anilines is 2. The molecule has 0 aliphatic carbocycles. The van der Waals surface area contributed by atoms with Gasteiger partial charge in [-0.15, -0.1) is 9.24 Å². The normalized spacial score (nSPS) is 10.5. The fraction of sp³-hybridized carbons (Fsp3) is 0.214. The second kappa shape index (κ2) is 5.89. The van der Waals surface area contributed by atoms with Gasteiger partial charge in [-0.05, 0) is 43.4 Å². The molecule has 1 aromatic carbocycles. The lowest BCUT2D eigenvalue weighted by atomic mass is 10.3. The summed E-state index contributed by atoms with van der Waals surface area (Å²) in [7, 11) is 2.59. The number of nitrogen functional groups attached to an aromatic ring is 1. The van der Waals surface area contributed by atoms with E-state index in [2.05, 4.69) is 33.4 Å². The maximum atomic E-state index is 5.79. The van der Waals surface area contributed by atoms with E-state index in [1.165, 1.54) is 0 Å². The van der Waals surface area contributed by atoms with Crippen LogP contribution < -0.4 is 21.1 Å². The van der Waals surface area contributed by atoms with Crippen LogP contribution in [0.3, 0.4) is 0 Å². The quantitative estimate of drug-likeness (QED) is 0.665. The molecule has 0 saturated heterocycles. The highest BCUT2D eigenvalue weighted by Gasteiger charge is 2.03. The molecular weight excluding hydrogens is 257 g/mol. The maximum absolute atomic E-state index is 5.79. The van der Waals surface area contributed by atoms with Gasteiger partial charge in [0.15, 0.2) is 0 Å². The van der Waals surface area contributed by atoms with Gasteiger partial charge in [0.1, 0.15) is 17.3 Å². The zero-order valence-electron chi connectivity index (χ0n) is 11.1. The molecule has 0 fully saturated rings. The summed E-state index contributed by atoms with van der Waals surface area (Å²) < 4.78 is 5.79. The molecule has 0 amide bonds. The summed E-state index contributed by atoms with van der Waals surface area (Å²) >= 11 is 0. The average molecular weight is 275 g/mol. The summed E-state index contributed by atoms with van der Waals surface area (Å²) in [5.74, 6) is 2.29. The van der Waals surface area contributed by atoms with Gasteiger partial charge in [-0.25, -0.2) is 4.98 Å². The fourth-order valence-corrected chi connectivity index (χ4v) is 1.86. The molecule has 0 spiro atoms. The smallest absolute Gasteiger partial charge is 0.132 e. The number of hydrogen-bond acceptors (Lipinski definition) is 4. The van der Waals surface area contributed by atoms with Crippen molar-refractivity contribution in [3.63, 3.8) is 0 Å². The Hall–Kier alpha value is -1.80. The molecule has 0 radical (unpaired) electrons. The van der Waals surface area contributed by atoms with Gasteiger partial charge < -0.3 is 15.8 Å². The van der Waals surface area contributed by atoms with Crippen LogP contribution in [0.2, 0.25) is 0 Å². The molecule has 1 aromatic heterocycles. The van der Waals surface area contributed by atoms with Gasteiger partial charge in [0.25, 0.3) is 0 Å². The largest absolute Gasteiger partial charge is 0.457 e. The first-order valence-corrected chi connectivity index (χ1v) is 6.68. The van der Waals surface area contributed by atoms with Crippen LogP contribution in [0.5, 0.6) is 11.5 Å². The van der Waals surface area contributed by atoms with E-state index in [1.807, 2.05) is 30.3 Å². The van der Waals surface area contributed by atoms with Crippen LogP contribution >= 0.6 is 9.24 Å². The third-order valence-electron chi connectivity index (χ3n) is 2.46. The number of nitrogens with zero attached hydrogens (tertiary/aromatic N) is 1. The third kappa shape index (κ3) is 3.83. The van der Waals surface area contributed by atoms with Crippen molar-refractivity contribution < 1.29 is 4.74 Å². The molecule has 0 aliphatic rings. The van der Waals surface area contributed by atoms with Crippen molar-refractivity contribution in [3.05, 3.63) is 36.5 Å². The van der Waals surface area contributed by atoms with Crippen LogP contribution in [0.1, 0.15) is 13.8 Å². The predicted octanol–water partition coefficient (Wildman–Crippen LogP) is 2.78. The van der Waals surface area contributed by atoms with E-state index in [-0.39, 0.29) is 0 Å². The van der Waals surface area contributed by atoms with Gasteiger partial charge >= 0.3 is 0 Å². The number of ether oxygens (including phenoxy) is 1. The number of aromatic nitrogens is 1. The first kappa shape index (κ1) is 13.6. The van der Waals surface area contributed by atoms with Gasteiger partial charge in [0.2, 0.25) is 0 Å². The van der Waals surface area contributed by atoms with E-state index in [4.69, 9.17) is 10.5 Å². The topological polar surface area (TPSA) is 60.2 Å². The van der Waals surface area contributed by atoms with Crippen molar-refractivity contribution >= 4 is 26.0 Å². The average Bonchev–Trinajstić information content (AvgIpc) is 2.33. The molecule has 5 heteroatoms. The Kier molecular flexibility index (Phi) is 4.23. The maximum Gasteiger partial charge on any atom is 0.132 e. The second-order valence-electron chi connectivity index (χ2n) is 4.57. The highest BCUT2D eigenvalue weighted by Crippen LogP contribution is 2.23. The number of rotatable bonds is 4. The molecule has 100 valence electrons. The standard InChI is InChI=1S/C14H18N3OP/c1-9(2)17-14-8-11(5-6-16-14)18-10-3-4-12(15)13(19)7-10/h3-9H,15,19H2,1-2H3,(H,16,17).